The summed E-state index contributed by atoms with van der Waals surface area (Å²) in [6.45, 7) is 4.13. The van der Waals surface area contributed by atoms with Crippen molar-refractivity contribution in [3.05, 3.63) is 170 Å². The molecule has 7 nitrogen and oxygen atoms in total. The minimum atomic E-state index is -2.20. The van der Waals surface area contributed by atoms with Crippen LogP contribution >= 0.6 is 8.24 Å². The molecule has 0 amide bonds. The fourth-order valence-corrected chi connectivity index (χ4v) is 11.5. The molecule has 0 radical (unpaired) electrons. The maximum absolute atomic E-state index is 7.45. The molecule has 322 valence electrons. The second-order valence-corrected chi connectivity index (χ2v) is 17.6. The standard InChI is InChI=1S/C58H43O7P/c1-6-14-46(35-17-8-7-9-18-35)63-66-64-57-42(29-49(61-4)44-31-47(59-2)40-27-25-36-23-21-33-15-10-12-19-38(33)51(36)53(40)55(44)57)43-30-50(62-5)45-32-48(60-3)41-28-26-37-24-22-34-16-11-13-20-39(34)52(37)54(41)56(45)58(43)65-66/h6-13,15-32,46H,1,14H2,2-5H3/t46-/m0/s1. The summed E-state index contributed by atoms with van der Waals surface area (Å²) < 4.78 is 47.3. The predicted molar refractivity (Wildman–Crippen MR) is 273 cm³/mol. The Morgan fingerprint density at radius 3 is 1.30 bits per heavy atom. The van der Waals surface area contributed by atoms with Gasteiger partial charge in [0.2, 0.25) is 0 Å². The molecule has 0 aliphatic carbocycles. The van der Waals surface area contributed by atoms with Gasteiger partial charge < -0.3 is 27.3 Å². The quantitative estimate of drug-likeness (QED) is 0.106. The molecular weight excluding hydrogens is 840 g/mol. The van der Waals surface area contributed by atoms with E-state index in [2.05, 4.69) is 140 Å². The molecule has 0 saturated carbocycles. The van der Waals surface area contributed by atoms with E-state index in [4.69, 9.17) is 31.9 Å². The summed E-state index contributed by atoms with van der Waals surface area (Å²) in [7, 11) is 4.64. The van der Waals surface area contributed by atoms with Crippen LogP contribution in [0.15, 0.2) is 173 Å². The molecule has 0 aliphatic heterocycles. The van der Waals surface area contributed by atoms with Crippen molar-refractivity contribution in [2.45, 2.75) is 12.5 Å². The monoisotopic (exact) mass is 882 g/mol. The lowest BCUT2D eigenvalue weighted by Crippen LogP contribution is -2.04. The summed E-state index contributed by atoms with van der Waals surface area (Å²) in [6, 6.07) is 52.7. The molecule has 11 aromatic carbocycles. The fraction of sp³-hybridized carbons (Fsp3) is 0.103. The molecule has 8 heteroatoms. The average molecular weight is 883 g/mol. The molecule has 0 saturated heterocycles. The topological polar surface area (TPSA) is 72.4 Å². The van der Waals surface area contributed by atoms with E-state index in [-0.39, 0.29) is 0 Å². The number of fused-ring (bicyclic) bond motifs is 19. The molecule has 66 heavy (non-hydrogen) atoms. The van der Waals surface area contributed by atoms with Crippen molar-refractivity contribution < 1.29 is 31.9 Å². The maximum Gasteiger partial charge on any atom is 0.388 e. The van der Waals surface area contributed by atoms with E-state index in [9.17, 15) is 0 Å². The second-order valence-electron chi connectivity index (χ2n) is 16.6. The molecule has 1 aromatic heterocycles. The highest BCUT2D eigenvalue weighted by atomic mass is 31.1. The molecule has 12 rings (SSSR count). The predicted octanol–water partition coefficient (Wildman–Crippen LogP) is 16.3. The van der Waals surface area contributed by atoms with Crippen molar-refractivity contribution >= 4 is 116 Å². The van der Waals surface area contributed by atoms with Crippen molar-refractivity contribution in [1.82, 2.24) is 0 Å². The number of methoxy groups -OCH3 is 4. The van der Waals surface area contributed by atoms with E-state index in [1.54, 1.807) is 28.4 Å². The smallest absolute Gasteiger partial charge is 0.388 e. The van der Waals surface area contributed by atoms with Crippen molar-refractivity contribution in [3.8, 4) is 23.0 Å². The van der Waals surface area contributed by atoms with Gasteiger partial charge in [0.05, 0.1) is 28.4 Å². The van der Waals surface area contributed by atoms with Gasteiger partial charge in [-0.15, -0.1) is 6.58 Å². The normalized spacial score (nSPS) is 12.4. The van der Waals surface area contributed by atoms with E-state index in [0.717, 1.165) is 114 Å². The molecule has 0 aliphatic rings. The largest absolute Gasteiger partial charge is 0.496 e. The third-order valence-corrected chi connectivity index (χ3v) is 14.3. The Kier molecular flexibility index (Phi) is 9.53. The lowest BCUT2D eigenvalue weighted by Gasteiger charge is -2.17. The third-order valence-electron chi connectivity index (χ3n) is 13.2. The summed E-state index contributed by atoms with van der Waals surface area (Å²) in [5.74, 6) is 2.73. The van der Waals surface area contributed by atoms with Crippen LogP contribution in [0.25, 0.3) is 108 Å². The van der Waals surface area contributed by atoms with Gasteiger partial charge in [0.25, 0.3) is 0 Å². The first-order chi connectivity index (χ1) is 32.5. The summed E-state index contributed by atoms with van der Waals surface area (Å²) in [5, 5.41) is 17.5. The van der Waals surface area contributed by atoms with Gasteiger partial charge in [-0.05, 0) is 91.5 Å². The minimum Gasteiger partial charge on any atom is -0.496 e. The van der Waals surface area contributed by atoms with E-state index in [1.165, 1.54) is 0 Å². The first-order valence-electron chi connectivity index (χ1n) is 21.9. The van der Waals surface area contributed by atoms with Crippen LogP contribution in [0.1, 0.15) is 18.1 Å². The molecule has 0 spiro atoms. The van der Waals surface area contributed by atoms with E-state index < -0.39 is 14.3 Å². The van der Waals surface area contributed by atoms with Gasteiger partial charge in [-0.1, -0.05) is 121 Å². The third kappa shape index (κ3) is 6.01. The first-order valence-corrected chi connectivity index (χ1v) is 23.0. The zero-order chi connectivity index (χ0) is 44.6. The number of hydrogen-bond acceptors (Lipinski definition) is 7. The Hall–Kier alpha value is -7.70. The molecule has 0 unspecified atom stereocenters. The molecule has 12 aromatic rings. The Labute approximate surface area is 380 Å². The zero-order valence-electron chi connectivity index (χ0n) is 36.8. The van der Waals surface area contributed by atoms with Gasteiger partial charge in [-0.3, -0.25) is 4.52 Å². The van der Waals surface area contributed by atoms with Crippen LogP contribution in [-0.2, 0) is 0 Å². The van der Waals surface area contributed by atoms with Crippen LogP contribution in [-0.4, -0.2) is 28.4 Å². The van der Waals surface area contributed by atoms with Crippen molar-refractivity contribution in [3.63, 3.8) is 0 Å². The van der Waals surface area contributed by atoms with E-state index in [0.29, 0.717) is 29.1 Å². The fourth-order valence-electron chi connectivity index (χ4n) is 10.3. The van der Waals surface area contributed by atoms with E-state index >= 15 is 0 Å². The van der Waals surface area contributed by atoms with Gasteiger partial charge in [-0.25, -0.2) is 0 Å². The average Bonchev–Trinajstić information content (AvgIpc) is 3.52. The van der Waals surface area contributed by atoms with Crippen LogP contribution in [0.2, 0.25) is 0 Å². The van der Waals surface area contributed by atoms with Crippen LogP contribution in [0, 0.1) is 0 Å². The highest BCUT2D eigenvalue weighted by molar-refractivity contribution is 7.31. The lowest BCUT2D eigenvalue weighted by molar-refractivity contribution is 0.266. The minimum absolute atomic E-state index is 0.433. The SMILES string of the molecule is C=CC[C@H](Op1oc2c(cc(OC)c3cc(OC)c4ccc5ccc6ccccc6c5c4c32)c2cc(OC)c3cc(OC)c4ccc5ccc6ccccc6c5c4c3c2o1)c1ccccc1. The Balaban J connectivity index is 1.38. The van der Waals surface area contributed by atoms with Crippen LogP contribution in [0.3, 0.4) is 0 Å². The number of ether oxygens (including phenoxy) is 4. The lowest BCUT2D eigenvalue weighted by atomic mass is 9.90. The van der Waals surface area contributed by atoms with Gasteiger partial charge in [0.15, 0.2) is 11.2 Å². The number of benzene rings is 11. The summed E-state index contributed by atoms with van der Waals surface area (Å²) in [5.41, 5.74) is 2.18. The second kappa shape index (κ2) is 15.8. The first kappa shape index (κ1) is 39.9. The highest BCUT2D eigenvalue weighted by Gasteiger charge is 2.26. The van der Waals surface area contributed by atoms with Gasteiger partial charge in [-0.2, -0.15) is 0 Å². The molecule has 0 fully saturated rings. The van der Waals surface area contributed by atoms with Gasteiger partial charge >= 0.3 is 8.24 Å². The summed E-state index contributed by atoms with van der Waals surface area (Å²) >= 11 is 0. The number of hydrogen-bond donors (Lipinski definition) is 0. The van der Waals surface area contributed by atoms with Crippen LogP contribution in [0.5, 0.6) is 23.0 Å². The molecule has 0 N–H and O–H groups in total. The molecule has 0 bridgehead atoms. The Morgan fingerprint density at radius 2 is 0.833 bits per heavy atom. The summed E-state index contributed by atoms with van der Waals surface area (Å²) in [4.78, 5) is 0. The van der Waals surface area contributed by atoms with Crippen LogP contribution in [0.4, 0.5) is 0 Å². The van der Waals surface area contributed by atoms with Crippen LogP contribution < -0.4 is 23.5 Å². The Morgan fingerprint density at radius 1 is 0.424 bits per heavy atom. The molecular formula is C58H43O7P. The maximum atomic E-state index is 7.45. The van der Waals surface area contributed by atoms with E-state index in [1.807, 2.05) is 24.3 Å². The van der Waals surface area contributed by atoms with Crippen molar-refractivity contribution in [2.75, 3.05) is 28.4 Å². The number of rotatable bonds is 9. The van der Waals surface area contributed by atoms with Gasteiger partial charge in [0, 0.05) is 53.9 Å². The zero-order valence-corrected chi connectivity index (χ0v) is 37.7. The van der Waals surface area contributed by atoms with Crippen molar-refractivity contribution in [1.29, 1.82) is 0 Å². The highest BCUT2D eigenvalue weighted by Crippen LogP contribution is 2.52. The summed E-state index contributed by atoms with van der Waals surface area (Å²) in [6.07, 6.45) is 1.97. The Bertz CT molecular complexity index is 3790. The van der Waals surface area contributed by atoms with Crippen molar-refractivity contribution in [2.24, 2.45) is 0 Å². The molecule has 1 heterocycles. The van der Waals surface area contributed by atoms with Gasteiger partial charge in [0.1, 0.15) is 29.1 Å². The molecule has 1 atom stereocenters.